The summed E-state index contributed by atoms with van der Waals surface area (Å²) in [5.74, 6) is 2.31. The molecule has 0 saturated carbocycles. The lowest BCUT2D eigenvalue weighted by Gasteiger charge is -2.35. The first-order chi connectivity index (χ1) is 11.8. The zero-order valence-electron chi connectivity index (χ0n) is 13.7. The van der Waals surface area contributed by atoms with Crippen LogP contribution in [0.1, 0.15) is 11.1 Å². The van der Waals surface area contributed by atoms with Crippen molar-refractivity contribution in [1.29, 1.82) is 0 Å². The van der Waals surface area contributed by atoms with Gasteiger partial charge in [0.2, 0.25) is 5.91 Å². The number of carbonyl (C=O) groups is 1. The fraction of sp³-hybridized carbons (Fsp3) is 0.368. The summed E-state index contributed by atoms with van der Waals surface area (Å²) < 4.78 is 0. The zero-order valence-corrected chi connectivity index (χ0v) is 14.5. The van der Waals surface area contributed by atoms with Gasteiger partial charge in [-0.3, -0.25) is 14.7 Å². The minimum atomic E-state index is 0.0800. The van der Waals surface area contributed by atoms with Gasteiger partial charge in [0.25, 0.3) is 0 Å². The molecule has 2 aromatic rings. The van der Waals surface area contributed by atoms with Crippen molar-refractivity contribution < 1.29 is 4.79 Å². The molecule has 1 aromatic carbocycles. The van der Waals surface area contributed by atoms with Crippen LogP contribution in [-0.4, -0.2) is 46.4 Å². The van der Waals surface area contributed by atoms with Gasteiger partial charge in [-0.25, -0.2) is 0 Å². The molecular formula is C19H23N3OS. The zero-order chi connectivity index (χ0) is 16.6. The van der Waals surface area contributed by atoms with Gasteiger partial charge in [-0.15, -0.1) is 0 Å². The van der Waals surface area contributed by atoms with Gasteiger partial charge in [0.15, 0.2) is 0 Å². The highest BCUT2D eigenvalue weighted by atomic mass is 32.2. The number of aromatic nitrogens is 1. The number of hydrogen-bond acceptors (Lipinski definition) is 4. The Morgan fingerprint density at radius 2 is 1.96 bits per heavy atom. The highest BCUT2D eigenvalue weighted by Gasteiger charge is 2.23. The minimum absolute atomic E-state index is 0.0800. The van der Waals surface area contributed by atoms with Crippen LogP contribution in [0.15, 0.2) is 54.9 Å². The summed E-state index contributed by atoms with van der Waals surface area (Å²) in [5, 5.41) is 3.10. The van der Waals surface area contributed by atoms with Gasteiger partial charge in [0.1, 0.15) is 0 Å². The van der Waals surface area contributed by atoms with E-state index in [1.165, 1.54) is 5.56 Å². The molecular weight excluding hydrogens is 318 g/mol. The summed E-state index contributed by atoms with van der Waals surface area (Å²) in [6.07, 6.45) is 3.87. The van der Waals surface area contributed by atoms with Gasteiger partial charge in [-0.05, 0) is 23.3 Å². The van der Waals surface area contributed by atoms with E-state index >= 15 is 0 Å². The van der Waals surface area contributed by atoms with Crippen molar-refractivity contribution >= 4 is 17.7 Å². The summed E-state index contributed by atoms with van der Waals surface area (Å²) in [7, 11) is 0. The predicted molar refractivity (Wildman–Crippen MR) is 98.9 cm³/mol. The van der Waals surface area contributed by atoms with Crippen LogP contribution in [0.25, 0.3) is 0 Å². The SMILES string of the molecule is O=C(Cc1ccncc1)NC[C@H]1CSCCN1Cc1ccccc1. The molecule has 1 saturated heterocycles. The number of benzene rings is 1. The Kier molecular flexibility index (Phi) is 6.26. The third-order valence-corrected chi connectivity index (χ3v) is 5.32. The lowest BCUT2D eigenvalue weighted by molar-refractivity contribution is -0.120. The molecule has 2 heterocycles. The topological polar surface area (TPSA) is 45.2 Å². The standard InChI is InChI=1S/C19H23N3OS/c23-19(12-16-6-8-20-9-7-16)21-13-18-15-24-11-10-22(18)14-17-4-2-1-3-5-17/h1-9,18H,10-15H2,(H,21,23)/t18-/m0/s1. The Morgan fingerprint density at radius 1 is 1.17 bits per heavy atom. The average molecular weight is 341 g/mol. The van der Waals surface area contributed by atoms with E-state index in [0.717, 1.165) is 30.2 Å². The van der Waals surface area contributed by atoms with Gasteiger partial charge >= 0.3 is 0 Å². The van der Waals surface area contributed by atoms with E-state index in [1.54, 1.807) is 12.4 Å². The summed E-state index contributed by atoms with van der Waals surface area (Å²) in [4.78, 5) is 18.6. The molecule has 0 spiro atoms. The molecule has 1 aromatic heterocycles. The lowest BCUT2D eigenvalue weighted by Crippen LogP contribution is -2.48. The molecule has 1 aliphatic heterocycles. The maximum absolute atomic E-state index is 12.2. The van der Waals surface area contributed by atoms with Crippen molar-refractivity contribution in [2.24, 2.45) is 0 Å². The number of carbonyl (C=O) groups excluding carboxylic acids is 1. The Balaban J connectivity index is 1.51. The molecule has 4 nitrogen and oxygen atoms in total. The third-order valence-electron chi connectivity index (χ3n) is 4.23. The highest BCUT2D eigenvalue weighted by Crippen LogP contribution is 2.18. The van der Waals surface area contributed by atoms with E-state index < -0.39 is 0 Å². The number of nitrogens with zero attached hydrogens (tertiary/aromatic N) is 2. The van der Waals surface area contributed by atoms with E-state index in [0.29, 0.717) is 19.0 Å². The molecule has 1 aliphatic rings. The van der Waals surface area contributed by atoms with Crippen molar-refractivity contribution in [2.45, 2.75) is 19.0 Å². The quantitative estimate of drug-likeness (QED) is 0.876. The first kappa shape index (κ1) is 17.0. The minimum Gasteiger partial charge on any atom is -0.354 e. The van der Waals surface area contributed by atoms with E-state index in [1.807, 2.05) is 30.0 Å². The second-order valence-corrected chi connectivity index (χ2v) is 7.17. The van der Waals surface area contributed by atoms with Gasteiger partial charge in [-0.2, -0.15) is 11.8 Å². The van der Waals surface area contributed by atoms with Gasteiger partial charge < -0.3 is 5.32 Å². The molecule has 1 amide bonds. The van der Waals surface area contributed by atoms with E-state index in [-0.39, 0.29) is 5.91 Å². The largest absolute Gasteiger partial charge is 0.354 e. The van der Waals surface area contributed by atoms with Crippen molar-refractivity contribution in [1.82, 2.24) is 15.2 Å². The van der Waals surface area contributed by atoms with Crippen molar-refractivity contribution in [3.63, 3.8) is 0 Å². The average Bonchev–Trinajstić information content (AvgIpc) is 2.63. The van der Waals surface area contributed by atoms with Crippen LogP contribution in [0.3, 0.4) is 0 Å². The molecule has 1 fully saturated rings. The van der Waals surface area contributed by atoms with Crippen LogP contribution in [0.5, 0.6) is 0 Å². The smallest absolute Gasteiger partial charge is 0.224 e. The molecule has 0 bridgehead atoms. The number of thioether (sulfide) groups is 1. The Morgan fingerprint density at radius 3 is 2.75 bits per heavy atom. The fourth-order valence-electron chi connectivity index (χ4n) is 2.88. The summed E-state index contributed by atoms with van der Waals surface area (Å²) in [6, 6.07) is 14.7. The number of hydrogen-bond donors (Lipinski definition) is 1. The molecule has 0 radical (unpaired) electrons. The van der Waals surface area contributed by atoms with E-state index in [2.05, 4.69) is 39.5 Å². The molecule has 24 heavy (non-hydrogen) atoms. The fourth-order valence-corrected chi connectivity index (χ4v) is 4.01. The molecule has 0 unspecified atom stereocenters. The maximum atomic E-state index is 12.2. The van der Waals surface area contributed by atoms with E-state index in [4.69, 9.17) is 0 Å². The lowest BCUT2D eigenvalue weighted by atomic mass is 10.1. The summed E-state index contributed by atoms with van der Waals surface area (Å²) in [5.41, 5.74) is 2.33. The van der Waals surface area contributed by atoms with Crippen molar-refractivity contribution in [3.8, 4) is 0 Å². The maximum Gasteiger partial charge on any atom is 0.224 e. The molecule has 1 N–H and O–H groups in total. The van der Waals surface area contributed by atoms with Crippen LogP contribution in [0.2, 0.25) is 0 Å². The van der Waals surface area contributed by atoms with Crippen LogP contribution in [-0.2, 0) is 17.8 Å². The summed E-state index contributed by atoms with van der Waals surface area (Å²) >= 11 is 1.97. The molecule has 3 rings (SSSR count). The van der Waals surface area contributed by atoms with Crippen molar-refractivity contribution in [3.05, 3.63) is 66.0 Å². The van der Waals surface area contributed by atoms with E-state index in [9.17, 15) is 4.79 Å². The number of rotatable bonds is 6. The van der Waals surface area contributed by atoms with Crippen LogP contribution >= 0.6 is 11.8 Å². The number of nitrogens with one attached hydrogen (secondary N) is 1. The van der Waals surface area contributed by atoms with Crippen molar-refractivity contribution in [2.75, 3.05) is 24.6 Å². The monoisotopic (exact) mass is 341 g/mol. The normalized spacial score (nSPS) is 18.2. The van der Waals surface area contributed by atoms with Crippen LogP contribution in [0, 0.1) is 0 Å². The second-order valence-electron chi connectivity index (χ2n) is 6.02. The van der Waals surface area contributed by atoms with Gasteiger partial charge in [0, 0.05) is 49.6 Å². The summed E-state index contributed by atoms with van der Waals surface area (Å²) in [6.45, 7) is 2.74. The van der Waals surface area contributed by atoms with Crippen LogP contribution < -0.4 is 5.32 Å². The molecule has 126 valence electrons. The Hall–Kier alpha value is -1.85. The molecule has 5 heteroatoms. The number of pyridine rings is 1. The first-order valence-corrected chi connectivity index (χ1v) is 9.48. The van der Waals surface area contributed by atoms with Gasteiger partial charge in [-0.1, -0.05) is 30.3 Å². The second kappa shape index (κ2) is 8.85. The molecule has 1 atom stereocenters. The first-order valence-electron chi connectivity index (χ1n) is 8.32. The Bertz CT molecular complexity index is 636. The van der Waals surface area contributed by atoms with Crippen LogP contribution in [0.4, 0.5) is 0 Å². The third kappa shape index (κ3) is 5.08. The van der Waals surface area contributed by atoms with Gasteiger partial charge in [0.05, 0.1) is 6.42 Å². The molecule has 0 aliphatic carbocycles. The highest BCUT2D eigenvalue weighted by molar-refractivity contribution is 7.99. The number of amides is 1. The predicted octanol–water partition coefficient (Wildman–Crippen LogP) is 2.36. The Labute approximate surface area is 147 Å².